The highest BCUT2D eigenvalue weighted by Crippen LogP contribution is 2.13. The van der Waals surface area contributed by atoms with Gasteiger partial charge in [-0.2, -0.15) is 5.26 Å². The molecule has 0 amide bonds. The molecule has 0 heterocycles. The number of aliphatic hydroxyl groups excluding tert-OH is 1. The van der Waals surface area contributed by atoms with Gasteiger partial charge in [0.1, 0.15) is 5.75 Å². The predicted octanol–water partition coefficient (Wildman–Crippen LogP) is 1.45. The molecular weight excluding hydrogens is 216 g/mol. The summed E-state index contributed by atoms with van der Waals surface area (Å²) in [6.07, 6.45) is 1.28. The third-order valence-corrected chi connectivity index (χ3v) is 2.22. The Hall–Kier alpha value is -1.57. The molecule has 0 aromatic heterocycles. The van der Waals surface area contributed by atoms with E-state index in [4.69, 9.17) is 15.1 Å². The van der Waals surface area contributed by atoms with E-state index in [9.17, 15) is 0 Å². The predicted molar refractivity (Wildman–Crippen MR) is 65.6 cm³/mol. The SMILES string of the molecule is N#CCCCOc1cccc(CNCCO)c1. The number of hydrogen-bond donors (Lipinski definition) is 2. The van der Waals surface area contributed by atoms with Crippen molar-refractivity contribution in [3.8, 4) is 11.8 Å². The molecule has 0 radical (unpaired) electrons. The lowest BCUT2D eigenvalue weighted by atomic mass is 10.2. The van der Waals surface area contributed by atoms with Crippen LogP contribution in [0, 0.1) is 11.3 Å². The first kappa shape index (κ1) is 13.5. The van der Waals surface area contributed by atoms with Crippen LogP contribution in [0.2, 0.25) is 0 Å². The maximum atomic E-state index is 8.65. The van der Waals surface area contributed by atoms with E-state index >= 15 is 0 Å². The van der Waals surface area contributed by atoms with Crippen molar-refractivity contribution in [3.05, 3.63) is 29.8 Å². The number of ether oxygens (including phenoxy) is 1. The van der Waals surface area contributed by atoms with Gasteiger partial charge in [0.05, 0.1) is 19.3 Å². The zero-order valence-corrected chi connectivity index (χ0v) is 9.85. The van der Waals surface area contributed by atoms with Crippen molar-refractivity contribution in [2.75, 3.05) is 19.8 Å². The van der Waals surface area contributed by atoms with E-state index in [2.05, 4.69) is 11.4 Å². The van der Waals surface area contributed by atoms with Crippen LogP contribution >= 0.6 is 0 Å². The van der Waals surface area contributed by atoms with Gasteiger partial charge >= 0.3 is 0 Å². The second kappa shape index (κ2) is 8.57. The number of nitrogens with one attached hydrogen (secondary N) is 1. The van der Waals surface area contributed by atoms with Gasteiger partial charge in [-0.05, 0) is 24.1 Å². The smallest absolute Gasteiger partial charge is 0.119 e. The van der Waals surface area contributed by atoms with Crippen LogP contribution in [0.25, 0.3) is 0 Å². The minimum Gasteiger partial charge on any atom is -0.494 e. The largest absolute Gasteiger partial charge is 0.494 e. The van der Waals surface area contributed by atoms with Gasteiger partial charge in [0.15, 0.2) is 0 Å². The fourth-order valence-electron chi connectivity index (χ4n) is 1.40. The quantitative estimate of drug-likeness (QED) is 0.668. The highest BCUT2D eigenvalue weighted by Gasteiger charge is 1.97. The molecule has 1 aromatic rings. The first-order valence-electron chi connectivity index (χ1n) is 5.77. The summed E-state index contributed by atoms with van der Waals surface area (Å²) in [4.78, 5) is 0. The van der Waals surface area contributed by atoms with E-state index in [1.165, 1.54) is 0 Å². The Balaban J connectivity index is 2.34. The van der Waals surface area contributed by atoms with Gasteiger partial charge in [-0.1, -0.05) is 12.1 Å². The van der Waals surface area contributed by atoms with Gasteiger partial charge in [0.2, 0.25) is 0 Å². The van der Waals surface area contributed by atoms with Crippen LogP contribution in [0.4, 0.5) is 0 Å². The molecule has 0 fully saturated rings. The van der Waals surface area contributed by atoms with E-state index in [1.54, 1.807) is 0 Å². The topological polar surface area (TPSA) is 65.3 Å². The number of aliphatic hydroxyl groups is 1. The lowest BCUT2D eigenvalue weighted by Gasteiger charge is -2.07. The van der Waals surface area contributed by atoms with E-state index in [0.717, 1.165) is 24.3 Å². The van der Waals surface area contributed by atoms with Gasteiger partial charge in [0.25, 0.3) is 0 Å². The van der Waals surface area contributed by atoms with Crippen LogP contribution < -0.4 is 10.1 Å². The summed E-state index contributed by atoms with van der Waals surface area (Å²) in [5.74, 6) is 0.825. The fourth-order valence-corrected chi connectivity index (χ4v) is 1.40. The Bertz CT molecular complexity index is 361. The summed E-state index contributed by atoms with van der Waals surface area (Å²) in [6.45, 7) is 2.02. The van der Waals surface area contributed by atoms with Gasteiger partial charge in [-0.15, -0.1) is 0 Å². The third kappa shape index (κ3) is 5.91. The molecule has 0 spiro atoms. The maximum absolute atomic E-state index is 8.65. The van der Waals surface area contributed by atoms with Gasteiger partial charge in [-0.25, -0.2) is 0 Å². The average Bonchev–Trinajstić information content (AvgIpc) is 2.36. The van der Waals surface area contributed by atoms with E-state index < -0.39 is 0 Å². The van der Waals surface area contributed by atoms with Gasteiger partial charge in [-0.3, -0.25) is 0 Å². The molecule has 4 nitrogen and oxygen atoms in total. The summed E-state index contributed by atoms with van der Waals surface area (Å²) in [5.41, 5.74) is 1.12. The Morgan fingerprint density at radius 2 is 2.29 bits per heavy atom. The van der Waals surface area contributed by atoms with Crippen molar-refractivity contribution in [2.45, 2.75) is 19.4 Å². The molecule has 2 N–H and O–H groups in total. The van der Waals surface area contributed by atoms with Gasteiger partial charge < -0.3 is 15.2 Å². The second-order valence-electron chi connectivity index (χ2n) is 3.66. The summed E-state index contributed by atoms with van der Waals surface area (Å²) in [5, 5.41) is 20.2. The lowest BCUT2D eigenvalue weighted by molar-refractivity contribution is 0.291. The number of unbranched alkanes of at least 4 members (excludes halogenated alkanes) is 1. The molecule has 0 atom stereocenters. The molecule has 0 saturated heterocycles. The highest BCUT2D eigenvalue weighted by atomic mass is 16.5. The number of nitrogens with zero attached hydrogens (tertiary/aromatic N) is 1. The van der Waals surface area contributed by atoms with Crippen molar-refractivity contribution in [3.63, 3.8) is 0 Å². The Labute approximate surface area is 102 Å². The second-order valence-corrected chi connectivity index (χ2v) is 3.66. The number of benzene rings is 1. The van der Waals surface area contributed by atoms with Crippen molar-refractivity contribution >= 4 is 0 Å². The van der Waals surface area contributed by atoms with Crippen molar-refractivity contribution in [1.29, 1.82) is 5.26 Å². The summed E-state index contributed by atoms with van der Waals surface area (Å²) < 4.78 is 5.53. The van der Waals surface area contributed by atoms with Gasteiger partial charge in [0, 0.05) is 19.5 Å². The fraction of sp³-hybridized carbons (Fsp3) is 0.462. The summed E-state index contributed by atoms with van der Waals surface area (Å²) in [6, 6.07) is 9.91. The number of rotatable bonds is 8. The Kier molecular flexibility index (Phi) is 6.80. The molecule has 17 heavy (non-hydrogen) atoms. The van der Waals surface area contributed by atoms with Crippen LogP contribution in [0.3, 0.4) is 0 Å². The van der Waals surface area contributed by atoms with Crippen LogP contribution in [0.5, 0.6) is 5.75 Å². The van der Waals surface area contributed by atoms with Crippen LogP contribution in [0.15, 0.2) is 24.3 Å². The molecule has 4 heteroatoms. The van der Waals surface area contributed by atoms with Crippen molar-refractivity contribution < 1.29 is 9.84 Å². The molecule has 0 bridgehead atoms. The summed E-state index contributed by atoms with van der Waals surface area (Å²) >= 11 is 0. The average molecular weight is 234 g/mol. The zero-order chi connectivity index (χ0) is 12.3. The first-order valence-corrected chi connectivity index (χ1v) is 5.77. The molecule has 0 unspecified atom stereocenters. The highest BCUT2D eigenvalue weighted by molar-refractivity contribution is 5.28. The minimum absolute atomic E-state index is 0.143. The standard InChI is InChI=1S/C13H18N2O2/c14-6-1-2-9-17-13-5-3-4-12(10-13)11-15-7-8-16/h3-5,10,15-16H,1-2,7-9,11H2. The minimum atomic E-state index is 0.143. The number of nitriles is 1. The Morgan fingerprint density at radius 3 is 3.06 bits per heavy atom. The van der Waals surface area contributed by atoms with Crippen molar-refractivity contribution in [2.24, 2.45) is 0 Å². The zero-order valence-electron chi connectivity index (χ0n) is 9.85. The van der Waals surface area contributed by atoms with E-state index in [0.29, 0.717) is 19.6 Å². The molecule has 0 aliphatic carbocycles. The van der Waals surface area contributed by atoms with Crippen LogP contribution in [-0.2, 0) is 6.54 Å². The molecule has 0 aliphatic heterocycles. The normalized spacial score (nSPS) is 9.88. The molecule has 0 aliphatic rings. The third-order valence-electron chi connectivity index (χ3n) is 2.22. The molecular formula is C13H18N2O2. The first-order chi connectivity index (χ1) is 8.36. The Morgan fingerprint density at radius 1 is 1.41 bits per heavy atom. The lowest BCUT2D eigenvalue weighted by Crippen LogP contribution is -2.17. The maximum Gasteiger partial charge on any atom is 0.119 e. The molecule has 1 aromatic carbocycles. The molecule has 92 valence electrons. The number of hydrogen-bond acceptors (Lipinski definition) is 4. The summed E-state index contributed by atoms with van der Waals surface area (Å²) in [7, 11) is 0. The van der Waals surface area contributed by atoms with Crippen LogP contribution in [-0.4, -0.2) is 24.9 Å². The van der Waals surface area contributed by atoms with E-state index in [-0.39, 0.29) is 6.61 Å². The monoisotopic (exact) mass is 234 g/mol. The molecule has 1 rings (SSSR count). The molecule has 0 saturated carbocycles. The van der Waals surface area contributed by atoms with Crippen LogP contribution in [0.1, 0.15) is 18.4 Å². The van der Waals surface area contributed by atoms with E-state index in [1.807, 2.05) is 24.3 Å². The van der Waals surface area contributed by atoms with Crippen molar-refractivity contribution in [1.82, 2.24) is 5.32 Å².